The van der Waals surface area contributed by atoms with E-state index in [0.717, 1.165) is 3.79 Å². The lowest BCUT2D eigenvalue weighted by Crippen LogP contribution is -2.45. The normalized spacial score (nSPS) is 20.0. The molecule has 1 fully saturated rings. The summed E-state index contributed by atoms with van der Waals surface area (Å²) in [5.41, 5.74) is 0. The summed E-state index contributed by atoms with van der Waals surface area (Å²) >= 11 is 4.45. The van der Waals surface area contributed by atoms with Crippen LogP contribution in [0.1, 0.15) is 37.5 Å². The van der Waals surface area contributed by atoms with Gasteiger partial charge in [0.2, 0.25) is 11.8 Å². The number of hydrogen-bond donors (Lipinski definition) is 1. The van der Waals surface area contributed by atoms with Crippen molar-refractivity contribution < 1.29 is 17.7 Å². The van der Waals surface area contributed by atoms with E-state index in [1.54, 1.807) is 26.0 Å². The molecule has 8 nitrogen and oxygen atoms in total. The Morgan fingerprint density at radius 3 is 2.88 bits per heavy atom. The first-order valence-corrected chi connectivity index (χ1v) is 11.2. The topological polar surface area (TPSA) is 105 Å². The average Bonchev–Trinajstić information content (AvgIpc) is 3.24. The van der Waals surface area contributed by atoms with Crippen molar-refractivity contribution >= 4 is 43.2 Å². The van der Waals surface area contributed by atoms with E-state index in [-0.39, 0.29) is 16.7 Å². The van der Waals surface area contributed by atoms with Gasteiger partial charge in [0.25, 0.3) is 10.0 Å². The summed E-state index contributed by atoms with van der Waals surface area (Å²) in [6, 6.07) is 2.86. The zero-order chi connectivity index (χ0) is 18.9. The number of sulfonamides is 1. The summed E-state index contributed by atoms with van der Waals surface area (Å²) < 4.78 is 33.0. The van der Waals surface area contributed by atoms with Gasteiger partial charge >= 0.3 is 0 Å². The van der Waals surface area contributed by atoms with Crippen LogP contribution in [0.3, 0.4) is 0 Å². The zero-order valence-corrected chi connectivity index (χ0v) is 17.5. The van der Waals surface area contributed by atoms with Crippen LogP contribution in [0.4, 0.5) is 0 Å². The number of carbonyl (C=O) groups excluding carboxylic acids is 1. The molecule has 1 amide bonds. The lowest BCUT2D eigenvalue weighted by Gasteiger charge is -2.31. The molecule has 2 aromatic heterocycles. The lowest BCUT2D eigenvalue weighted by molar-refractivity contribution is -0.126. The van der Waals surface area contributed by atoms with E-state index in [2.05, 4.69) is 31.4 Å². The molecule has 2 aromatic rings. The number of nitrogens with one attached hydrogen (secondary N) is 1. The van der Waals surface area contributed by atoms with Crippen LogP contribution in [0.2, 0.25) is 0 Å². The van der Waals surface area contributed by atoms with Crippen LogP contribution in [-0.4, -0.2) is 41.9 Å². The highest BCUT2D eigenvalue weighted by atomic mass is 79.9. The molecule has 0 saturated carbocycles. The number of aryl methyl sites for hydroxylation is 1. The number of nitrogens with zero attached hydrogens (tertiary/aromatic N) is 3. The van der Waals surface area contributed by atoms with E-state index in [1.807, 2.05) is 0 Å². The number of carbonyl (C=O) groups is 1. The Balaban J connectivity index is 1.67. The fraction of sp³-hybridized carbons (Fsp3) is 0.533. The van der Waals surface area contributed by atoms with E-state index in [9.17, 15) is 13.2 Å². The monoisotopic (exact) mass is 462 g/mol. The zero-order valence-electron chi connectivity index (χ0n) is 14.3. The summed E-state index contributed by atoms with van der Waals surface area (Å²) in [6.07, 6.45) is 1.28. The van der Waals surface area contributed by atoms with Gasteiger partial charge in [-0.2, -0.15) is 9.29 Å². The molecule has 1 aliphatic heterocycles. The van der Waals surface area contributed by atoms with Gasteiger partial charge in [-0.25, -0.2) is 8.42 Å². The van der Waals surface area contributed by atoms with Crippen LogP contribution >= 0.6 is 27.3 Å². The summed E-state index contributed by atoms with van der Waals surface area (Å²) in [5, 5.41) is 6.54. The van der Waals surface area contributed by atoms with Gasteiger partial charge in [-0.15, -0.1) is 11.3 Å². The van der Waals surface area contributed by atoms with Gasteiger partial charge in [-0.3, -0.25) is 4.79 Å². The molecule has 3 rings (SSSR count). The van der Waals surface area contributed by atoms with Gasteiger partial charge in [0.15, 0.2) is 5.82 Å². The summed E-state index contributed by atoms with van der Waals surface area (Å²) in [7, 11) is -3.58. The molecule has 0 aromatic carbocycles. The van der Waals surface area contributed by atoms with Crippen LogP contribution in [0.15, 0.2) is 24.7 Å². The lowest BCUT2D eigenvalue weighted by atomic mass is 9.98. The quantitative estimate of drug-likeness (QED) is 0.731. The summed E-state index contributed by atoms with van der Waals surface area (Å²) in [6.45, 7) is 4.04. The van der Waals surface area contributed by atoms with Crippen molar-refractivity contribution in [2.75, 3.05) is 13.1 Å². The molecule has 0 spiro atoms. The number of hydrogen-bond acceptors (Lipinski definition) is 7. The fourth-order valence-electron chi connectivity index (χ4n) is 2.82. The number of amides is 1. The van der Waals surface area contributed by atoms with E-state index < -0.39 is 22.0 Å². The smallest absolute Gasteiger partial charge is 0.252 e. The van der Waals surface area contributed by atoms with Crippen LogP contribution < -0.4 is 5.32 Å². The van der Waals surface area contributed by atoms with E-state index in [4.69, 9.17) is 4.52 Å². The Kier molecular flexibility index (Phi) is 5.80. The second-order valence-electron chi connectivity index (χ2n) is 6.17. The van der Waals surface area contributed by atoms with Crippen molar-refractivity contribution in [3.63, 3.8) is 0 Å². The molecule has 0 bridgehead atoms. The minimum Gasteiger partial charge on any atom is -0.344 e. The number of rotatable bonds is 5. The third-order valence-corrected chi connectivity index (χ3v) is 8.13. The average molecular weight is 463 g/mol. The van der Waals surface area contributed by atoms with E-state index >= 15 is 0 Å². The third-order valence-electron chi connectivity index (χ3n) is 4.17. The van der Waals surface area contributed by atoms with Crippen LogP contribution in [-0.2, 0) is 14.8 Å². The maximum absolute atomic E-state index is 12.8. The second kappa shape index (κ2) is 7.75. The van der Waals surface area contributed by atoms with Gasteiger partial charge in [0.1, 0.15) is 10.3 Å². The number of piperidine rings is 1. The third kappa shape index (κ3) is 4.16. The molecule has 0 aliphatic carbocycles. The molecule has 0 radical (unpaired) electrons. The predicted octanol–water partition coefficient (Wildman–Crippen LogP) is 2.48. The van der Waals surface area contributed by atoms with Gasteiger partial charge in [-0.05, 0) is 54.8 Å². The highest BCUT2D eigenvalue weighted by Gasteiger charge is 2.34. The summed E-state index contributed by atoms with van der Waals surface area (Å²) in [4.78, 5) is 16.7. The summed E-state index contributed by atoms with van der Waals surface area (Å²) in [5.74, 6) is 0.215. The first kappa shape index (κ1) is 19.5. The molecule has 3 heterocycles. The molecule has 2 unspecified atom stereocenters. The molecule has 26 heavy (non-hydrogen) atoms. The number of aromatic nitrogens is 2. The molecular weight excluding hydrogens is 444 g/mol. The van der Waals surface area contributed by atoms with Gasteiger partial charge in [0.05, 0.1) is 9.70 Å². The Morgan fingerprint density at radius 2 is 2.27 bits per heavy atom. The van der Waals surface area contributed by atoms with E-state index in [1.165, 1.54) is 15.6 Å². The molecular formula is C15H19BrN4O4S2. The predicted molar refractivity (Wildman–Crippen MR) is 99.1 cm³/mol. The molecule has 1 aliphatic rings. The molecule has 1 N–H and O–H groups in total. The Bertz CT molecular complexity index is 895. The van der Waals surface area contributed by atoms with Crippen molar-refractivity contribution in [3.8, 4) is 0 Å². The molecule has 1 saturated heterocycles. The maximum Gasteiger partial charge on any atom is 0.252 e. The van der Waals surface area contributed by atoms with Crippen molar-refractivity contribution in [3.05, 3.63) is 27.6 Å². The minimum absolute atomic E-state index is 0.166. The number of thiophene rings is 1. The van der Waals surface area contributed by atoms with Crippen LogP contribution in [0, 0.1) is 12.8 Å². The molecule has 11 heteroatoms. The standard InChI is InChI=1S/C15H19BrN4O4S2/c1-9(15-18-10(2)19-24-15)17-14(21)11-4-3-7-20(8-11)26(22,23)13-6-5-12(16)25-13/h5-6,9,11H,3-4,7-8H2,1-2H3,(H,17,21). The highest BCUT2D eigenvalue weighted by Crippen LogP contribution is 2.31. The Labute approximate surface area is 164 Å². The highest BCUT2D eigenvalue weighted by molar-refractivity contribution is 9.11. The minimum atomic E-state index is -3.58. The Hall–Kier alpha value is -1.30. The van der Waals surface area contributed by atoms with Gasteiger partial charge in [0, 0.05) is 13.1 Å². The van der Waals surface area contributed by atoms with Crippen molar-refractivity contribution in [2.24, 2.45) is 5.92 Å². The van der Waals surface area contributed by atoms with Crippen molar-refractivity contribution in [1.29, 1.82) is 0 Å². The van der Waals surface area contributed by atoms with Crippen molar-refractivity contribution in [2.45, 2.75) is 36.9 Å². The molecule has 142 valence electrons. The fourth-order valence-corrected chi connectivity index (χ4v) is 6.51. The van der Waals surface area contributed by atoms with Crippen molar-refractivity contribution in [1.82, 2.24) is 19.8 Å². The SMILES string of the molecule is Cc1noc(C(C)NC(=O)C2CCCN(S(=O)(=O)c3ccc(Br)s3)C2)n1. The van der Waals surface area contributed by atoms with Gasteiger partial charge < -0.3 is 9.84 Å². The second-order valence-corrected chi connectivity index (χ2v) is 10.8. The number of halogens is 1. The Morgan fingerprint density at radius 1 is 1.50 bits per heavy atom. The van der Waals surface area contributed by atoms with Crippen LogP contribution in [0.25, 0.3) is 0 Å². The van der Waals surface area contributed by atoms with Crippen LogP contribution in [0.5, 0.6) is 0 Å². The van der Waals surface area contributed by atoms with E-state index in [0.29, 0.717) is 31.1 Å². The molecule has 2 atom stereocenters. The van der Waals surface area contributed by atoms with Gasteiger partial charge in [-0.1, -0.05) is 5.16 Å². The first-order chi connectivity index (χ1) is 12.3. The maximum atomic E-state index is 12.8. The first-order valence-electron chi connectivity index (χ1n) is 8.13. The largest absolute Gasteiger partial charge is 0.344 e.